The van der Waals surface area contributed by atoms with E-state index in [1.807, 2.05) is 26.8 Å². The number of furan rings is 1. The van der Waals surface area contributed by atoms with Crippen molar-refractivity contribution in [3.05, 3.63) is 81.4 Å². The van der Waals surface area contributed by atoms with E-state index in [1.165, 1.54) is 19.4 Å². The van der Waals surface area contributed by atoms with Gasteiger partial charge in [-0.05, 0) is 63.2 Å². The number of benzene rings is 2. The number of nitro groups is 1. The predicted molar refractivity (Wildman–Crippen MR) is 131 cm³/mol. The fraction of sp³-hybridized carbons (Fsp3) is 0.200. The molecule has 0 aliphatic rings. The van der Waals surface area contributed by atoms with Crippen LogP contribution in [0.5, 0.6) is 11.5 Å². The zero-order chi connectivity index (χ0) is 25.1. The molecule has 10 nitrogen and oxygen atoms in total. The molecule has 0 radical (unpaired) electrons. The molecule has 0 saturated carbocycles. The van der Waals surface area contributed by atoms with E-state index in [2.05, 4.69) is 10.5 Å². The molecule has 0 atom stereocenters. The minimum atomic E-state index is -0.505. The van der Waals surface area contributed by atoms with Crippen LogP contribution in [0.2, 0.25) is 0 Å². The summed E-state index contributed by atoms with van der Waals surface area (Å²) in [4.78, 5) is 23.7. The van der Waals surface area contributed by atoms with Crippen LogP contribution in [0.3, 0.4) is 0 Å². The quantitative estimate of drug-likeness (QED) is 0.219. The zero-order valence-electron chi connectivity index (χ0n) is 19.7. The number of hydrazone groups is 1. The van der Waals surface area contributed by atoms with E-state index in [4.69, 9.17) is 13.9 Å². The van der Waals surface area contributed by atoms with E-state index >= 15 is 0 Å². The summed E-state index contributed by atoms with van der Waals surface area (Å²) < 4.78 is 18.0. The van der Waals surface area contributed by atoms with Gasteiger partial charge >= 0.3 is 5.91 Å². The summed E-state index contributed by atoms with van der Waals surface area (Å²) in [5.41, 5.74) is 5.53. The SMILES string of the molecule is CCOc1ccc2oc(C(=O)N/N=C/c3cc(C)n(-c4ccc(OC)cc4[N+](=O)[O-])c3C)cc2c1. The minimum absolute atomic E-state index is 0.0830. The van der Waals surface area contributed by atoms with Crippen molar-refractivity contribution in [1.29, 1.82) is 0 Å². The maximum absolute atomic E-state index is 12.5. The maximum atomic E-state index is 12.5. The number of aryl methyl sites for hydroxylation is 1. The van der Waals surface area contributed by atoms with E-state index in [0.29, 0.717) is 34.9 Å². The van der Waals surface area contributed by atoms with Crippen LogP contribution < -0.4 is 14.9 Å². The number of ether oxygens (including phenoxy) is 2. The highest BCUT2D eigenvalue weighted by Crippen LogP contribution is 2.31. The van der Waals surface area contributed by atoms with E-state index < -0.39 is 10.8 Å². The molecule has 180 valence electrons. The second-order valence-corrected chi connectivity index (χ2v) is 7.72. The summed E-state index contributed by atoms with van der Waals surface area (Å²) in [5, 5.41) is 16.4. The molecule has 0 aliphatic carbocycles. The number of rotatable bonds is 8. The van der Waals surface area contributed by atoms with Gasteiger partial charge in [0.1, 0.15) is 22.8 Å². The number of hydrogen-bond donors (Lipinski definition) is 1. The molecule has 0 fully saturated rings. The minimum Gasteiger partial charge on any atom is -0.496 e. The van der Waals surface area contributed by atoms with Crippen LogP contribution in [0.1, 0.15) is 34.4 Å². The molecule has 4 aromatic rings. The molecule has 1 N–H and O–H groups in total. The third-order valence-electron chi connectivity index (χ3n) is 5.48. The number of nitrogens with zero attached hydrogens (tertiary/aromatic N) is 3. The molecular formula is C25H24N4O6. The van der Waals surface area contributed by atoms with Crippen molar-refractivity contribution in [3.63, 3.8) is 0 Å². The molecule has 2 heterocycles. The first-order valence-electron chi connectivity index (χ1n) is 10.8. The summed E-state index contributed by atoms with van der Waals surface area (Å²) in [5.74, 6) is 0.700. The van der Waals surface area contributed by atoms with Gasteiger partial charge in [-0.2, -0.15) is 5.10 Å². The number of aromatic nitrogens is 1. The lowest BCUT2D eigenvalue weighted by atomic mass is 10.2. The van der Waals surface area contributed by atoms with Crippen molar-refractivity contribution in [1.82, 2.24) is 9.99 Å². The number of fused-ring (bicyclic) bond motifs is 1. The van der Waals surface area contributed by atoms with Crippen LogP contribution in [0.25, 0.3) is 16.7 Å². The molecule has 35 heavy (non-hydrogen) atoms. The monoisotopic (exact) mass is 476 g/mol. The Bertz CT molecular complexity index is 1450. The van der Waals surface area contributed by atoms with Crippen LogP contribution in [-0.4, -0.2) is 35.3 Å². The Morgan fingerprint density at radius 3 is 2.66 bits per heavy atom. The van der Waals surface area contributed by atoms with Gasteiger partial charge in [-0.15, -0.1) is 0 Å². The summed E-state index contributed by atoms with van der Waals surface area (Å²) in [6.45, 7) is 6.09. The van der Waals surface area contributed by atoms with E-state index in [1.54, 1.807) is 41.0 Å². The normalized spacial score (nSPS) is 11.2. The van der Waals surface area contributed by atoms with Gasteiger partial charge in [0.05, 0.1) is 30.9 Å². The fourth-order valence-electron chi connectivity index (χ4n) is 3.86. The standard InChI is InChI=1S/C25H24N4O6/c1-5-34-20-7-9-23-17(11-20)12-24(35-23)25(30)27-26-14-18-10-15(2)28(16(18)3)21-8-6-19(33-4)13-22(21)29(31)32/h6-14H,5H2,1-4H3,(H,27,30)/b26-14+. The lowest BCUT2D eigenvalue weighted by Crippen LogP contribution is -2.16. The fourth-order valence-corrected chi connectivity index (χ4v) is 3.86. The predicted octanol–water partition coefficient (Wildman–Crippen LogP) is 4.92. The molecule has 2 aromatic heterocycles. The number of nitrogens with one attached hydrogen (secondary N) is 1. The second kappa shape index (κ2) is 9.72. The van der Waals surface area contributed by atoms with Gasteiger partial charge in [-0.3, -0.25) is 14.9 Å². The van der Waals surface area contributed by atoms with Gasteiger partial charge in [0.15, 0.2) is 5.76 Å². The van der Waals surface area contributed by atoms with E-state index in [-0.39, 0.29) is 11.4 Å². The molecule has 0 unspecified atom stereocenters. The molecule has 0 spiro atoms. The highest BCUT2D eigenvalue weighted by atomic mass is 16.6. The molecule has 0 aliphatic heterocycles. The lowest BCUT2D eigenvalue weighted by molar-refractivity contribution is -0.384. The highest BCUT2D eigenvalue weighted by molar-refractivity contribution is 5.97. The molecule has 10 heteroatoms. The molecular weight excluding hydrogens is 452 g/mol. The third kappa shape index (κ3) is 4.72. The third-order valence-corrected chi connectivity index (χ3v) is 5.48. The highest BCUT2D eigenvalue weighted by Gasteiger charge is 2.20. The number of amides is 1. The van der Waals surface area contributed by atoms with Crippen LogP contribution in [0.4, 0.5) is 5.69 Å². The van der Waals surface area contributed by atoms with Crippen molar-refractivity contribution in [2.75, 3.05) is 13.7 Å². The Balaban J connectivity index is 1.55. The average molecular weight is 476 g/mol. The smallest absolute Gasteiger partial charge is 0.307 e. The first-order valence-corrected chi connectivity index (χ1v) is 10.8. The molecule has 2 aromatic carbocycles. The van der Waals surface area contributed by atoms with Gasteiger partial charge < -0.3 is 18.5 Å². The van der Waals surface area contributed by atoms with Crippen LogP contribution in [0.15, 0.2) is 58.0 Å². The second-order valence-electron chi connectivity index (χ2n) is 7.72. The van der Waals surface area contributed by atoms with Gasteiger partial charge in [-0.25, -0.2) is 5.43 Å². The number of nitro benzene ring substituents is 1. The molecule has 0 bridgehead atoms. The summed E-state index contributed by atoms with van der Waals surface area (Å²) >= 11 is 0. The number of methoxy groups -OCH3 is 1. The summed E-state index contributed by atoms with van der Waals surface area (Å²) in [6, 6.07) is 13.5. The summed E-state index contributed by atoms with van der Waals surface area (Å²) in [6.07, 6.45) is 1.49. The van der Waals surface area contributed by atoms with Crippen LogP contribution in [0, 0.1) is 24.0 Å². The molecule has 4 rings (SSSR count). The van der Waals surface area contributed by atoms with Crippen LogP contribution >= 0.6 is 0 Å². The summed E-state index contributed by atoms with van der Waals surface area (Å²) in [7, 11) is 1.46. The number of carbonyl (C=O) groups excluding carboxylic acids is 1. The Hall–Kier alpha value is -4.60. The van der Waals surface area contributed by atoms with E-state index in [9.17, 15) is 14.9 Å². The zero-order valence-corrected chi connectivity index (χ0v) is 19.7. The van der Waals surface area contributed by atoms with Crippen molar-refractivity contribution in [3.8, 4) is 17.2 Å². The van der Waals surface area contributed by atoms with Crippen molar-refractivity contribution in [2.24, 2.45) is 5.10 Å². The molecule has 1 amide bonds. The molecule has 0 saturated heterocycles. The van der Waals surface area contributed by atoms with Gasteiger partial charge in [0.2, 0.25) is 0 Å². The van der Waals surface area contributed by atoms with Crippen molar-refractivity contribution >= 4 is 28.8 Å². The largest absolute Gasteiger partial charge is 0.496 e. The Labute approximate surface area is 200 Å². The Kier molecular flexibility index (Phi) is 6.54. The first-order chi connectivity index (χ1) is 16.8. The Morgan fingerprint density at radius 2 is 1.94 bits per heavy atom. The average Bonchev–Trinajstić information content (AvgIpc) is 3.38. The van der Waals surface area contributed by atoms with Gasteiger partial charge in [0, 0.05) is 22.3 Å². The van der Waals surface area contributed by atoms with Crippen molar-refractivity contribution < 1.29 is 23.6 Å². The van der Waals surface area contributed by atoms with Crippen LogP contribution in [-0.2, 0) is 0 Å². The van der Waals surface area contributed by atoms with Gasteiger partial charge in [-0.1, -0.05) is 0 Å². The van der Waals surface area contributed by atoms with Gasteiger partial charge in [0.25, 0.3) is 5.69 Å². The first kappa shape index (κ1) is 23.6. The number of carbonyl (C=O) groups is 1. The Morgan fingerprint density at radius 1 is 1.17 bits per heavy atom. The van der Waals surface area contributed by atoms with E-state index in [0.717, 1.165) is 16.8 Å². The number of hydrogen-bond acceptors (Lipinski definition) is 7. The topological polar surface area (TPSA) is 121 Å². The maximum Gasteiger partial charge on any atom is 0.307 e. The van der Waals surface area contributed by atoms with Crippen molar-refractivity contribution in [2.45, 2.75) is 20.8 Å². The lowest BCUT2D eigenvalue weighted by Gasteiger charge is -2.11.